The summed E-state index contributed by atoms with van der Waals surface area (Å²) in [7, 11) is -2.40. The molecule has 4 aromatic rings. The lowest BCUT2D eigenvalue weighted by atomic mass is 10.2. The van der Waals surface area contributed by atoms with E-state index in [1.807, 2.05) is 38.1 Å². The van der Waals surface area contributed by atoms with Crippen molar-refractivity contribution in [2.75, 3.05) is 20.3 Å². The maximum atomic E-state index is 14.1. The summed E-state index contributed by atoms with van der Waals surface area (Å²) in [6.45, 7) is 4.72. The number of aryl methyl sites for hydroxylation is 2. The number of ether oxygens (including phenoxy) is 3. The van der Waals surface area contributed by atoms with Gasteiger partial charge in [0.1, 0.15) is 17.3 Å². The van der Waals surface area contributed by atoms with Gasteiger partial charge in [0.15, 0.2) is 0 Å². The highest BCUT2D eigenvalue weighted by atomic mass is 32.2. The fourth-order valence-corrected chi connectivity index (χ4v) is 6.35. The Morgan fingerprint density at radius 1 is 1.07 bits per heavy atom. The predicted molar refractivity (Wildman–Crippen MR) is 154 cm³/mol. The summed E-state index contributed by atoms with van der Waals surface area (Å²) in [4.78, 5) is 0.154. The molecule has 1 aliphatic rings. The van der Waals surface area contributed by atoms with Gasteiger partial charge in [-0.25, -0.2) is 17.5 Å². The first-order valence-corrected chi connectivity index (χ1v) is 15.1. The smallest absolute Gasteiger partial charge is 0.243 e. The highest BCUT2D eigenvalue weighted by Gasteiger charge is 2.32. The molecule has 0 N–H and O–H groups in total. The molecule has 1 fully saturated rings. The summed E-state index contributed by atoms with van der Waals surface area (Å²) in [5, 5.41) is 4.81. The number of hydrogen-bond acceptors (Lipinski definition) is 6. The van der Waals surface area contributed by atoms with Crippen molar-refractivity contribution in [3.05, 3.63) is 95.4 Å². The Hall–Kier alpha value is -3.73. The normalized spacial score (nSPS) is 15.4. The van der Waals surface area contributed by atoms with Crippen LogP contribution in [0.4, 0.5) is 4.39 Å². The van der Waals surface area contributed by atoms with Crippen molar-refractivity contribution >= 4 is 10.0 Å². The van der Waals surface area contributed by atoms with Gasteiger partial charge in [-0.2, -0.15) is 9.40 Å². The van der Waals surface area contributed by atoms with Crippen LogP contribution in [0.1, 0.15) is 36.6 Å². The van der Waals surface area contributed by atoms with Crippen LogP contribution in [-0.4, -0.2) is 48.9 Å². The lowest BCUT2D eigenvalue weighted by molar-refractivity contribution is 0.0924. The highest BCUT2D eigenvalue weighted by molar-refractivity contribution is 7.89. The number of sulfonamides is 1. The van der Waals surface area contributed by atoms with Gasteiger partial charge in [0.2, 0.25) is 15.9 Å². The van der Waals surface area contributed by atoms with Crippen molar-refractivity contribution in [1.29, 1.82) is 0 Å². The molecule has 0 amide bonds. The number of hydrogen-bond donors (Lipinski definition) is 0. The molecule has 10 heteroatoms. The minimum Gasteiger partial charge on any atom is -0.497 e. The van der Waals surface area contributed by atoms with Gasteiger partial charge in [0, 0.05) is 19.7 Å². The molecule has 1 saturated heterocycles. The molecule has 41 heavy (non-hydrogen) atoms. The summed E-state index contributed by atoms with van der Waals surface area (Å²) in [6, 6.07) is 19.9. The minimum atomic E-state index is -3.94. The van der Waals surface area contributed by atoms with Gasteiger partial charge in [-0.1, -0.05) is 19.1 Å². The van der Waals surface area contributed by atoms with Gasteiger partial charge in [-0.3, -0.25) is 0 Å². The van der Waals surface area contributed by atoms with E-state index < -0.39 is 10.0 Å². The van der Waals surface area contributed by atoms with Gasteiger partial charge < -0.3 is 14.2 Å². The van der Waals surface area contributed by atoms with Gasteiger partial charge >= 0.3 is 0 Å². The van der Waals surface area contributed by atoms with E-state index in [4.69, 9.17) is 19.3 Å². The van der Waals surface area contributed by atoms with Crippen LogP contribution in [0.2, 0.25) is 0 Å². The standard InChI is InChI=1S/C31H34FN3O5S/c1-4-30-29(21-34(20-27-9-6-18-39-27)41(36,37)28-16-14-25(38-3)15-17-28)31(40-26-8-5-7-22(2)19-26)35(33-30)24-12-10-23(32)11-13-24/h5,7-8,10-17,19,27H,4,6,9,18,20-21H2,1-3H3/t27-/m1/s1. The van der Waals surface area contributed by atoms with E-state index in [1.54, 1.807) is 41.1 Å². The Bertz CT molecular complexity index is 1580. The number of methoxy groups -OCH3 is 1. The number of halogens is 1. The molecular weight excluding hydrogens is 545 g/mol. The molecule has 0 unspecified atom stereocenters. The molecule has 5 rings (SSSR count). The van der Waals surface area contributed by atoms with Gasteiger partial charge in [0.05, 0.1) is 35.1 Å². The molecule has 1 aromatic heterocycles. The molecule has 0 bridgehead atoms. The van der Waals surface area contributed by atoms with Crippen LogP contribution in [0.25, 0.3) is 5.69 Å². The molecule has 1 aliphatic heterocycles. The Morgan fingerprint density at radius 3 is 2.46 bits per heavy atom. The molecule has 0 spiro atoms. The van der Waals surface area contributed by atoms with Crippen LogP contribution in [0.3, 0.4) is 0 Å². The van der Waals surface area contributed by atoms with E-state index in [9.17, 15) is 12.8 Å². The molecule has 0 saturated carbocycles. The first-order chi connectivity index (χ1) is 19.8. The Kier molecular flexibility index (Phi) is 8.72. The van der Waals surface area contributed by atoms with Crippen LogP contribution in [0.5, 0.6) is 17.4 Å². The SMILES string of the molecule is CCc1nn(-c2ccc(F)cc2)c(Oc2cccc(C)c2)c1CN(C[C@H]1CCCO1)S(=O)(=O)c1ccc(OC)cc1. The topological polar surface area (TPSA) is 82.9 Å². The van der Waals surface area contributed by atoms with E-state index >= 15 is 0 Å². The second kappa shape index (κ2) is 12.4. The molecular formula is C31H34FN3O5S. The molecule has 0 aliphatic carbocycles. The lowest BCUT2D eigenvalue weighted by Gasteiger charge is -2.25. The number of aromatic nitrogens is 2. The first kappa shape index (κ1) is 28.8. The van der Waals surface area contributed by atoms with Crippen molar-refractivity contribution in [3.8, 4) is 23.1 Å². The predicted octanol–water partition coefficient (Wildman–Crippen LogP) is 6.05. The average Bonchev–Trinajstić information content (AvgIpc) is 3.61. The van der Waals surface area contributed by atoms with E-state index in [0.29, 0.717) is 47.4 Å². The Labute approximate surface area is 240 Å². The van der Waals surface area contributed by atoms with Crippen molar-refractivity contribution in [2.45, 2.75) is 50.7 Å². The van der Waals surface area contributed by atoms with Crippen LogP contribution in [-0.2, 0) is 27.7 Å². The largest absolute Gasteiger partial charge is 0.497 e. The third-order valence-electron chi connectivity index (χ3n) is 7.09. The second-order valence-electron chi connectivity index (χ2n) is 10.00. The fraction of sp³-hybridized carbons (Fsp3) is 0.323. The maximum absolute atomic E-state index is 14.1. The van der Waals surface area contributed by atoms with E-state index in [1.165, 1.54) is 23.5 Å². The van der Waals surface area contributed by atoms with Crippen molar-refractivity contribution in [2.24, 2.45) is 0 Å². The lowest BCUT2D eigenvalue weighted by Crippen LogP contribution is -2.37. The monoisotopic (exact) mass is 579 g/mol. The number of rotatable bonds is 11. The molecule has 8 nitrogen and oxygen atoms in total. The van der Waals surface area contributed by atoms with Crippen LogP contribution in [0.15, 0.2) is 77.7 Å². The van der Waals surface area contributed by atoms with Gasteiger partial charge in [0.25, 0.3) is 0 Å². The van der Waals surface area contributed by atoms with E-state index in [2.05, 4.69) is 0 Å². The van der Waals surface area contributed by atoms with Crippen LogP contribution < -0.4 is 9.47 Å². The third-order valence-corrected chi connectivity index (χ3v) is 8.92. The van der Waals surface area contributed by atoms with Gasteiger partial charge in [-0.05, 0) is 92.4 Å². The molecule has 3 aromatic carbocycles. The van der Waals surface area contributed by atoms with Crippen molar-refractivity contribution < 1.29 is 27.0 Å². The van der Waals surface area contributed by atoms with Crippen LogP contribution >= 0.6 is 0 Å². The zero-order valence-corrected chi connectivity index (χ0v) is 24.2. The van der Waals surface area contributed by atoms with Gasteiger partial charge in [-0.15, -0.1) is 0 Å². The molecule has 216 valence electrons. The molecule has 0 radical (unpaired) electrons. The number of benzene rings is 3. The quantitative estimate of drug-likeness (QED) is 0.215. The summed E-state index contributed by atoms with van der Waals surface area (Å²) in [5.74, 6) is 1.16. The number of nitrogens with zero attached hydrogens (tertiary/aromatic N) is 3. The van der Waals surface area contributed by atoms with Crippen molar-refractivity contribution in [3.63, 3.8) is 0 Å². The Balaban J connectivity index is 1.61. The maximum Gasteiger partial charge on any atom is 0.243 e. The minimum absolute atomic E-state index is 0.0136. The summed E-state index contributed by atoms with van der Waals surface area (Å²) < 4.78 is 62.5. The second-order valence-corrected chi connectivity index (χ2v) is 11.9. The Morgan fingerprint density at radius 2 is 1.83 bits per heavy atom. The summed E-state index contributed by atoms with van der Waals surface area (Å²) in [6.07, 6.45) is 1.97. The van der Waals surface area contributed by atoms with E-state index in [-0.39, 0.29) is 29.9 Å². The molecule has 1 atom stereocenters. The summed E-state index contributed by atoms with van der Waals surface area (Å²) in [5.41, 5.74) is 2.92. The molecule has 2 heterocycles. The average molecular weight is 580 g/mol. The van der Waals surface area contributed by atoms with E-state index in [0.717, 1.165) is 18.4 Å². The van der Waals surface area contributed by atoms with Crippen molar-refractivity contribution in [1.82, 2.24) is 14.1 Å². The first-order valence-electron chi connectivity index (χ1n) is 13.7. The zero-order valence-electron chi connectivity index (χ0n) is 23.4. The summed E-state index contributed by atoms with van der Waals surface area (Å²) >= 11 is 0. The third kappa shape index (κ3) is 6.45. The highest BCUT2D eigenvalue weighted by Crippen LogP contribution is 2.34. The van der Waals surface area contributed by atoms with Crippen LogP contribution in [0, 0.1) is 12.7 Å². The zero-order chi connectivity index (χ0) is 29.0. The fourth-order valence-electron chi connectivity index (χ4n) is 4.91.